The highest BCUT2D eigenvalue weighted by Crippen LogP contribution is 2.27. The number of rotatable bonds is 7. The minimum atomic E-state index is -1.44. The number of hydrogen-bond donors (Lipinski definition) is 6. The number of anilines is 1. The molecule has 0 spiro atoms. The Morgan fingerprint density at radius 1 is 1.15 bits per heavy atom. The van der Waals surface area contributed by atoms with Gasteiger partial charge in [0, 0.05) is 28.9 Å². The molecule has 0 saturated heterocycles. The molecule has 0 aromatic heterocycles. The molecule has 208 valence electrons. The Morgan fingerprint density at radius 2 is 1.90 bits per heavy atom. The van der Waals surface area contributed by atoms with Crippen LogP contribution in [-0.2, 0) is 16.2 Å². The van der Waals surface area contributed by atoms with Gasteiger partial charge < -0.3 is 37.3 Å². The van der Waals surface area contributed by atoms with Gasteiger partial charge in [-0.15, -0.1) is 0 Å². The fourth-order valence-electron chi connectivity index (χ4n) is 3.93. The maximum Gasteiger partial charge on any atom is 0.270 e. The summed E-state index contributed by atoms with van der Waals surface area (Å²) in [6, 6.07) is 5.03. The fourth-order valence-corrected chi connectivity index (χ4v) is 3.93. The number of aliphatic hydroxyl groups excluding tert-OH is 1. The van der Waals surface area contributed by atoms with E-state index in [1.807, 2.05) is 0 Å². The van der Waals surface area contributed by atoms with Crippen LogP contribution in [0.1, 0.15) is 52.5 Å². The van der Waals surface area contributed by atoms with Crippen molar-refractivity contribution in [3.63, 3.8) is 0 Å². The van der Waals surface area contributed by atoms with Crippen molar-refractivity contribution in [1.82, 2.24) is 10.6 Å². The van der Waals surface area contributed by atoms with E-state index in [1.54, 1.807) is 0 Å². The third-order valence-electron chi connectivity index (χ3n) is 6.09. The lowest BCUT2D eigenvalue weighted by molar-refractivity contribution is -0.384. The van der Waals surface area contributed by atoms with Gasteiger partial charge in [-0.05, 0) is 50.9 Å². The molecule has 1 aliphatic heterocycles. The Kier molecular flexibility index (Phi) is 9.52. The molecule has 1 aliphatic rings. The van der Waals surface area contributed by atoms with Crippen molar-refractivity contribution in [3.8, 4) is 5.75 Å². The second kappa shape index (κ2) is 12.8. The van der Waals surface area contributed by atoms with Crippen LogP contribution in [0.25, 0.3) is 0 Å². The molecule has 1 heterocycles. The number of primary amides is 1. The van der Waals surface area contributed by atoms with Gasteiger partial charge in [0.1, 0.15) is 24.4 Å². The molecule has 4 amide bonds. The second-order valence-electron chi connectivity index (χ2n) is 8.99. The molecule has 3 rings (SSSR count). The lowest BCUT2D eigenvalue weighted by Crippen LogP contribution is -2.56. The molecule has 0 aliphatic carbocycles. The van der Waals surface area contributed by atoms with Crippen LogP contribution in [0.15, 0.2) is 36.4 Å². The van der Waals surface area contributed by atoms with Crippen LogP contribution in [0.2, 0.25) is 0 Å². The summed E-state index contributed by atoms with van der Waals surface area (Å²) in [5, 5.41) is 29.3. The van der Waals surface area contributed by atoms with Crippen LogP contribution in [0.5, 0.6) is 5.75 Å². The summed E-state index contributed by atoms with van der Waals surface area (Å²) in [6.07, 6.45) is -0.213. The number of nitrogens with one attached hydrogen (secondary N) is 3. The largest absolute Gasteiger partial charge is 0.488 e. The highest BCUT2D eigenvalue weighted by molar-refractivity contribution is 6.03. The van der Waals surface area contributed by atoms with Crippen molar-refractivity contribution in [3.05, 3.63) is 63.2 Å². The highest BCUT2D eigenvalue weighted by Gasteiger charge is 2.31. The molecule has 14 nitrogen and oxygen atoms in total. The molecule has 2 aromatic carbocycles. The van der Waals surface area contributed by atoms with Crippen LogP contribution in [0, 0.1) is 10.1 Å². The minimum absolute atomic E-state index is 0.0191. The lowest BCUT2D eigenvalue weighted by atomic mass is 10.0. The lowest BCUT2D eigenvalue weighted by Gasteiger charge is -2.26. The SMILES string of the molecule is C[C@@H](O)[C@@H]1NC(=O)[C@H](CCCCN)NC(=O)c2cc([N+](=O)[O-])ccc2OCc2ccc(C(N)=O)cc2NC1=O. The van der Waals surface area contributed by atoms with E-state index in [4.69, 9.17) is 16.2 Å². The molecular weight excluding hydrogens is 512 g/mol. The van der Waals surface area contributed by atoms with Crippen molar-refractivity contribution in [1.29, 1.82) is 0 Å². The van der Waals surface area contributed by atoms with E-state index in [9.17, 15) is 34.4 Å². The smallest absolute Gasteiger partial charge is 0.270 e. The Hall–Kier alpha value is -4.56. The Balaban J connectivity index is 2.12. The molecule has 0 fully saturated rings. The number of benzene rings is 2. The average molecular weight is 543 g/mol. The first-order chi connectivity index (χ1) is 18.5. The maximum absolute atomic E-state index is 13.3. The van der Waals surface area contributed by atoms with Crippen LogP contribution < -0.4 is 32.2 Å². The fraction of sp³-hybridized carbons (Fsp3) is 0.360. The average Bonchev–Trinajstić information content (AvgIpc) is 2.89. The zero-order valence-corrected chi connectivity index (χ0v) is 21.1. The van der Waals surface area contributed by atoms with E-state index in [0.717, 1.165) is 12.1 Å². The van der Waals surface area contributed by atoms with E-state index < -0.39 is 46.7 Å². The van der Waals surface area contributed by atoms with Crippen molar-refractivity contribution in [2.45, 2.75) is 51.0 Å². The predicted octanol–water partition coefficient (Wildman–Crippen LogP) is 0.318. The number of nitrogens with two attached hydrogens (primary N) is 2. The van der Waals surface area contributed by atoms with Gasteiger partial charge in [0.2, 0.25) is 17.7 Å². The number of carbonyl (C=O) groups is 4. The van der Waals surface area contributed by atoms with Crippen molar-refractivity contribution >= 4 is 35.0 Å². The van der Waals surface area contributed by atoms with Crippen LogP contribution in [0.3, 0.4) is 0 Å². The van der Waals surface area contributed by atoms with E-state index in [2.05, 4.69) is 16.0 Å². The molecule has 0 unspecified atom stereocenters. The molecule has 14 heteroatoms. The summed E-state index contributed by atoms with van der Waals surface area (Å²) >= 11 is 0. The van der Waals surface area contributed by atoms with Gasteiger partial charge >= 0.3 is 0 Å². The summed E-state index contributed by atoms with van der Waals surface area (Å²) in [6.45, 7) is 1.42. The molecule has 2 aromatic rings. The number of fused-ring (bicyclic) bond motifs is 2. The number of amides is 4. The number of unbranched alkanes of at least 4 members (excludes halogenated alkanes) is 1. The molecule has 0 bridgehead atoms. The topological polar surface area (TPSA) is 229 Å². The number of non-ortho nitro benzene ring substituents is 1. The highest BCUT2D eigenvalue weighted by atomic mass is 16.6. The zero-order chi connectivity index (χ0) is 28.7. The number of nitrogens with zero attached hydrogens (tertiary/aromatic N) is 1. The number of nitro groups is 1. The van der Waals surface area contributed by atoms with Crippen LogP contribution in [-0.4, -0.2) is 58.4 Å². The molecule has 39 heavy (non-hydrogen) atoms. The minimum Gasteiger partial charge on any atom is -0.488 e. The van der Waals surface area contributed by atoms with Crippen LogP contribution in [0.4, 0.5) is 11.4 Å². The van der Waals surface area contributed by atoms with Gasteiger partial charge in [-0.1, -0.05) is 6.07 Å². The first-order valence-corrected chi connectivity index (χ1v) is 12.2. The standard InChI is InChI=1S/C25H30N6O8/c1-13(32)21-25(36)29-19-10-14(22(27)33)5-6-15(19)12-39-20-8-7-16(31(37)38)11-17(20)23(34)28-18(24(35)30-21)4-2-3-9-26/h5-8,10-11,13,18,21,32H,2-4,9,12,26H2,1H3,(H2,27,33)(H,28,34)(H,29,36)(H,30,35)/t13-,18+,21+/m1/s1. The van der Waals surface area contributed by atoms with E-state index in [0.29, 0.717) is 24.9 Å². The van der Waals surface area contributed by atoms with E-state index in [-0.39, 0.29) is 41.3 Å². The van der Waals surface area contributed by atoms with Gasteiger partial charge in [-0.3, -0.25) is 29.3 Å². The first-order valence-electron chi connectivity index (χ1n) is 12.2. The Bertz CT molecular complexity index is 1280. The molecule has 0 radical (unpaired) electrons. The summed E-state index contributed by atoms with van der Waals surface area (Å²) < 4.78 is 5.82. The quantitative estimate of drug-likeness (QED) is 0.160. The zero-order valence-electron chi connectivity index (χ0n) is 21.1. The second-order valence-corrected chi connectivity index (χ2v) is 8.99. The Morgan fingerprint density at radius 3 is 2.54 bits per heavy atom. The number of nitro benzene ring substituents is 1. The summed E-state index contributed by atoms with van der Waals surface area (Å²) in [5.41, 5.74) is 10.9. The van der Waals surface area contributed by atoms with Gasteiger partial charge in [-0.25, -0.2) is 0 Å². The third-order valence-corrected chi connectivity index (χ3v) is 6.09. The van der Waals surface area contributed by atoms with Crippen molar-refractivity contribution < 1.29 is 33.9 Å². The molecule has 8 N–H and O–H groups in total. The number of hydrogen-bond acceptors (Lipinski definition) is 9. The summed E-state index contributed by atoms with van der Waals surface area (Å²) in [5.74, 6) is -3.16. The van der Waals surface area contributed by atoms with Gasteiger partial charge in [0.05, 0.1) is 16.6 Å². The number of aliphatic hydroxyl groups is 1. The Labute approximate surface area is 223 Å². The molecule has 0 saturated carbocycles. The summed E-state index contributed by atoms with van der Waals surface area (Å²) in [4.78, 5) is 62.1. The third kappa shape index (κ3) is 7.27. The van der Waals surface area contributed by atoms with Crippen molar-refractivity contribution in [2.24, 2.45) is 11.5 Å². The van der Waals surface area contributed by atoms with E-state index >= 15 is 0 Å². The van der Waals surface area contributed by atoms with Crippen molar-refractivity contribution in [2.75, 3.05) is 11.9 Å². The van der Waals surface area contributed by atoms with E-state index in [1.165, 1.54) is 31.2 Å². The van der Waals surface area contributed by atoms with Gasteiger partial charge in [0.15, 0.2) is 0 Å². The molecular formula is C25H30N6O8. The number of carbonyl (C=O) groups excluding carboxylic acids is 4. The predicted molar refractivity (Wildman–Crippen MR) is 139 cm³/mol. The van der Waals surface area contributed by atoms with Crippen LogP contribution >= 0.6 is 0 Å². The number of ether oxygens (including phenoxy) is 1. The van der Waals surface area contributed by atoms with Gasteiger partial charge in [-0.2, -0.15) is 0 Å². The maximum atomic E-state index is 13.3. The molecule has 3 atom stereocenters. The monoisotopic (exact) mass is 542 g/mol. The first kappa shape index (κ1) is 29.0. The van der Waals surface area contributed by atoms with Gasteiger partial charge in [0.25, 0.3) is 11.6 Å². The summed E-state index contributed by atoms with van der Waals surface area (Å²) in [7, 11) is 0. The normalized spacial score (nSPS) is 18.7.